The number of alkyl halides is 3. The molecule has 1 rings (SSSR count). The second-order valence-corrected chi connectivity index (χ2v) is 3.93. The smallest absolute Gasteiger partial charge is 0.384 e. The molecule has 90 valence electrons. The second-order valence-electron chi connectivity index (χ2n) is 3.93. The maximum Gasteiger partial charge on any atom is 0.416 e. The number of halogens is 3. The number of ether oxygens (including phenoxy) is 1. The number of hydrogen-bond donors (Lipinski definition) is 0. The van der Waals surface area contributed by atoms with Crippen LogP contribution < -0.4 is 0 Å². The highest BCUT2D eigenvalue weighted by molar-refractivity contribution is 5.34. The maximum atomic E-state index is 12.6. The lowest BCUT2D eigenvalue weighted by molar-refractivity contribution is -0.138. The summed E-state index contributed by atoms with van der Waals surface area (Å²) >= 11 is 0. The molecular formula is C12H15F3O. The van der Waals surface area contributed by atoms with Crippen LogP contribution in [-0.2, 0) is 10.9 Å². The van der Waals surface area contributed by atoms with Crippen LogP contribution in [0, 0.1) is 6.92 Å². The van der Waals surface area contributed by atoms with Crippen LogP contribution in [0.2, 0.25) is 0 Å². The van der Waals surface area contributed by atoms with Crippen molar-refractivity contribution in [3.63, 3.8) is 0 Å². The molecule has 1 aromatic carbocycles. The molecule has 0 radical (unpaired) electrons. The van der Waals surface area contributed by atoms with Crippen LogP contribution in [0.4, 0.5) is 13.2 Å². The molecule has 0 aromatic heterocycles. The van der Waals surface area contributed by atoms with Crippen molar-refractivity contribution < 1.29 is 17.9 Å². The van der Waals surface area contributed by atoms with Crippen LogP contribution in [0.3, 0.4) is 0 Å². The summed E-state index contributed by atoms with van der Waals surface area (Å²) in [4.78, 5) is 0. The van der Waals surface area contributed by atoms with E-state index in [4.69, 9.17) is 4.74 Å². The minimum Gasteiger partial charge on any atom is -0.384 e. The van der Waals surface area contributed by atoms with Gasteiger partial charge in [0, 0.05) is 13.0 Å². The van der Waals surface area contributed by atoms with Gasteiger partial charge in [-0.2, -0.15) is 13.2 Å². The Morgan fingerprint density at radius 2 is 1.94 bits per heavy atom. The van der Waals surface area contributed by atoms with E-state index in [0.29, 0.717) is 12.2 Å². The summed E-state index contributed by atoms with van der Waals surface area (Å²) in [7, 11) is 1.54. The first-order valence-electron chi connectivity index (χ1n) is 5.03. The average molecular weight is 232 g/mol. The Hall–Kier alpha value is -1.03. The highest BCUT2D eigenvalue weighted by Gasteiger charge is 2.32. The molecule has 0 saturated carbocycles. The van der Waals surface area contributed by atoms with E-state index in [2.05, 4.69) is 0 Å². The SMILES string of the molecule is COCC(C)c1ccc(C)c(C(F)(F)F)c1. The zero-order valence-electron chi connectivity index (χ0n) is 9.56. The van der Waals surface area contributed by atoms with Gasteiger partial charge in [0.25, 0.3) is 0 Å². The molecule has 0 aliphatic heterocycles. The molecule has 0 aliphatic carbocycles. The van der Waals surface area contributed by atoms with Gasteiger partial charge in [0.1, 0.15) is 0 Å². The lowest BCUT2D eigenvalue weighted by atomic mass is 9.97. The molecule has 0 amide bonds. The molecule has 0 spiro atoms. The lowest BCUT2D eigenvalue weighted by Crippen LogP contribution is -2.10. The highest BCUT2D eigenvalue weighted by Crippen LogP contribution is 2.33. The fourth-order valence-electron chi connectivity index (χ4n) is 1.60. The van der Waals surface area contributed by atoms with Gasteiger partial charge < -0.3 is 4.74 Å². The van der Waals surface area contributed by atoms with Gasteiger partial charge >= 0.3 is 6.18 Å². The molecule has 0 heterocycles. The quantitative estimate of drug-likeness (QED) is 0.771. The summed E-state index contributed by atoms with van der Waals surface area (Å²) < 4.78 is 42.9. The number of aryl methyl sites for hydroxylation is 1. The first-order valence-corrected chi connectivity index (χ1v) is 5.03. The van der Waals surface area contributed by atoms with Crippen molar-refractivity contribution in [3.8, 4) is 0 Å². The molecule has 4 heteroatoms. The Morgan fingerprint density at radius 1 is 1.31 bits per heavy atom. The molecule has 1 aromatic rings. The molecule has 0 aliphatic rings. The van der Waals surface area contributed by atoms with E-state index in [1.54, 1.807) is 6.07 Å². The minimum atomic E-state index is -4.28. The maximum absolute atomic E-state index is 12.6. The van der Waals surface area contributed by atoms with Crippen molar-refractivity contribution in [1.29, 1.82) is 0 Å². The first-order chi connectivity index (χ1) is 7.36. The normalized spacial score (nSPS) is 13.9. The number of hydrogen-bond acceptors (Lipinski definition) is 1. The summed E-state index contributed by atoms with van der Waals surface area (Å²) in [5.74, 6) is -0.0355. The van der Waals surface area contributed by atoms with E-state index in [1.165, 1.54) is 26.2 Å². The molecule has 0 fully saturated rings. The fraction of sp³-hybridized carbons (Fsp3) is 0.500. The summed E-state index contributed by atoms with van der Waals surface area (Å²) in [6, 6.07) is 4.43. The number of rotatable bonds is 3. The summed E-state index contributed by atoms with van der Waals surface area (Å²) in [6.45, 7) is 3.72. The van der Waals surface area contributed by atoms with E-state index in [9.17, 15) is 13.2 Å². The van der Waals surface area contributed by atoms with Crippen molar-refractivity contribution in [1.82, 2.24) is 0 Å². The van der Waals surface area contributed by atoms with Gasteiger partial charge in [0.2, 0.25) is 0 Å². The lowest BCUT2D eigenvalue weighted by Gasteiger charge is -2.15. The first kappa shape index (κ1) is 13.0. The summed E-state index contributed by atoms with van der Waals surface area (Å²) in [5, 5.41) is 0. The Labute approximate surface area is 93.2 Å². The molecule has 1 unspecified atom stereocenters. The van der Waals surface area contributed by atoms with E-state index >= 15 is 0 Å². The standard InChI is InChI=1S/C12H15F3O/c1-8-4-5-10(9(2)7-16-3)6-11(8)12(13,14)15/h4-6,9H,7H2,1-3H3. The average Bonchev–Trinajstić information content (AvgIpc) is 2.16. The largest absolute Gasteiger partial charge is 0.416 e. The zero-order chi connectivity index (χ0) is 12.3. The van der Waals surface area contributed by atoms with Gasteiger partial charge in [-0.1, -0.05) is 19.1 Å². The van der Waals surface area contributed by atoms with Crippen molar-refractivity contribution in [2.75, 3.05) is 13.7 Å². The molecule has 1 nitrogen and oxygen atoms in total. The van der Waals surface area contributed by atoms with Crippen molar-refractivity contribution in [2.24, 2.45) is 0 Å². The van der Waals surface area contributed by atoms with E-state index in [-0.39, 0.29) is 11.5 Å². The Kier molecular flexibility index (Phi) is 3.97. The molecule has 1 atom stereocenters. The zero-order valence-corrected chi connectivity index (χ0v) is 9.56. The van der Waals surface area contributed by atoms with Crippen molar-refractivity contribution >= 4 is 0 Å². The van der Waals surface area contributed by atoms with Crippen LogP contribution in [0.25, 0.3) is 0 Å². The van der Waals surface area contributed by atoms with Crippen LogP contribution in [0.5, 0.6) is 0 Å². The third kappa shape index (κ3) is 2.98. The van der Waals surface area contributed by atoms with Crippen LogP contribution >= 0.6 is 0 Å². The summed E-state index contributed by atoms with van der Waals surface area (Å²) in [6.07, 6.45) is -4.28. The molecular weight excluding hydrogens is 217 g/mol. The molecule has 0 saturated heterocycles. The van der Waals surface area contributed by atoms with Gasteiger partial charge in [-0.05, 0) is 24.1 Å². The Balaban J connectivity index is 3.07. The van der Waals surface area contributed by atoms with E-state index in [0.717, 1.165) is 0 Å². The highest BCUT2D eigenvalue weighted by atomic mass is 19.4. The topological polar surface area (TPSA) is 9.23 Å². The van der Waals surface area contributed by atoms with Gasteiger partial charge in [0.15, 0.2) is 0 Å². The number of methoxy groups -OCH3 is 1. The fourth-order valence-corrected chi connectivity index (χ4v) is 1.60. The van der Waals surface area contributed by atoms with Gasteiger partial charge in [-0.15, -0.1) is 0 Å². The second kappa shape index (κ2) is 4.87. The monoisotopic (exact) mass is 232 g/mol. The molecule has 0 N–H and O–H groups in total. The van der Waals surface area contributed by atoms with Gasteiger partial charge in [-0.3, -0.25) is 0 Å². The Morgan fingerprint density at radius 3 is 2.44 bits per heavy atom. The minimum absolute atomic E-state index is 0.0355. The Bertz CT molecular complexity index is 358. The van der Waals surface area contributed by atoms with Crippen LogP contribution in [0.15, 0.2) is 18.2 Å². The third-order valence-electron chi connectivity index (χ3n) is 2.55. The van der Waals surface area contributed by atoms with Crippen molar-refractivity contribution in [3.05, 3.63) is 34.9 Å². The summed E-state index contributed by atoms with van der Waals surface area (Å²) in [5.41, 5.74) is 0.341. The van der Waals surface area contributed by atoms with E-state index in [1.807, 2.05) is 6.92 Å². The predicted octanol–water partition coefficient (Wildman–Crippen LogP) is 3.76. The van der Waals surface area contributed by atoms with Crippen LogP contribution in [0.1, 0.15) is 29.5 Å². The van der Waals surface area contributed by atoms with Gasteiger partial charge in [-0.25, -0.2) is 0 Å². The van der Waals surface area contributed by atoms with Crippen molar-refractivity contribution in [2.45, 2.75) is 25.9 Å². The van der Waals surface area contributed by atoms with Gasteiger partial charge in [0.05, 0.1) is 12.2 Å². The predicted molar refractivity (Wildman–Crippen MR) is 56.5 cm³/mol. The van der Waals surface area contributed by atoms with Crippen LogP contribution in [-0.4, -0.2) is 13.7 Å². The number of benzene rings is 1. The third-order valence-corrected chi connectivity index (χ3v) is 2.55. The van der Waals surface area contributed by atoms with E-state index < -0.39 is 11.7 Å². The molecule has 0 bridgehead atoms. The molecule has 16 heavy (non-hydrogen) atoms.